The SMILES string of the molecule is O=C(CN1CCN(CC(=O)N[C@@H](Cc2ccc(C(F)(F)F)cc2)C(=O)O)CCN(CC(=O)N[C@@H](Cc2ccc(C(F)(F)F)cc2)C(=O)O)CCN(CC(=O)N[C@@H](Cc2ccc(C(F)(F)F)cc2)C(=O)O)CC1)N[C@@H](Cc1ccc(C(F)(F)F)cc1)C(=O)O. The lowest BCUT2D eigenvalue weighted by atomic mass is 10.0. The molecule has 0 bridgehead atoms. The Morgan fingerprint density at radius 2 is 0.455 bits per heavy atom. The van der Waals surface area contributed by atoms with Crippen molar-refractivity contribution in [1.29, 1.82) is 0 Å². The lowest BCUT2D eigenvalue weighted by molar-refractivity contribution is -0.142. The lowest BCUT2D eigenvalue weighted by Crippen LogP contribution is -2.54. The number of benzene rings is 4. The van der Waals surface area contributed by atoms with Gasteiger partial charge in [-0.1, -0.05) is 48.5 Å². The summed E-state index contributed by atoms with van der Waals surface area (Å²) < 4.78 is 159. The van der Waals surface area contributed by atoms with Crippen molar-refractivity contribution in [2.75, 3.05) is 78.5 Å². The summed E-state index contributed by atoms with van der Waals surface area (Å²) in [6.07, 6.45) is -20.8. The van der Waals surface area contributed by atoms with E-state index in [1.54, 1.807) is 0 Å². The number of carboxylic acids is 4. The Labute approximate surface area is 493 Å². The van der Waals surface area contributed by atoms with Crippen molar-refractivity contribution in [3.05, 3.63) is 142 Å². The van der Waals surface area contributed by atoms with E-state index in [-0.39, 0.29) is 74.6 Å². The van der Waals surface area contributed by atoms with E-state index in [0.717, 1.165) is 48.5 Å². The molecule has 0 aliphatic carbocycles. The van der Waals surface area contributed by atoms with E-state index < -0.39 is 170 Å². The van der Waals surface area contributed by atoms with Crippen LogP contribution in [0.15, 0.2) is 97.1 Å². The molecule has 20 nitrogen and oxygen atoms in total. The average molecular weight is 1270 g/mol. The van der Waals surface area contributed by atoms with Crippen LogP contribution in [0.25, 0.3) is 0 Å². The summed E-state index contributed by atoms with van der Waals surface area (Å²) in [4.78, 5) is 110. The zero-order valence-corrected chi connectivity index (χ0v) is 46.2. The Morgan fingerprint density at radius 3 is 0.580 bits per heavy atom. The van der Waals surface area contributed by atoms with Crippen LogP contribution >= 0.6 is 0 Å². The van der Waals surface area contributed by atoms with Gasteiger partial charge in [0.2, 0.25) is 23.6 Å². The van der Waals surface area contributed by atoms with Crippen LogP contribution in [0.2, 0.25) is 0 Å². The topological polar surface area (TPSA) is 279 Å². The van der Waals surface area contributed by atoms with E-state index in [9.17, 15) is 111 Å². The Hall–Kier alpha value is -8.36. The highest BCUT2D eigenvalue weighted by atomic mass is 19.4. The van der Waals surface area contributed by atoms with Crippen molar-refractivity contribution >= 4 is 47.5 Å². The number of alkyl halides is 12. The van der Waals surface area contributed by atoms with E-state index in [0.29, 0.717) is 48.5 Å². The zero-order chi connectivity index (χ0) is 65.3. The predicted molar refractivity (Wildman–Crippen MR) is 285 cm³/mol. The molecule has 4 atom stereocenters. The van der Waals surface area contributed by atoms with Crippen LogP contribution in [0, 0.1) is 0 Å². The second kappa shape index (κ2) is 31.0. The van der Waals surface area contributed by atoms with Gasteiger partial charge in [-0.05, 0) is 70.8 Å². The number of halogens is 12. The summed E-state index contributed by atoms with van der Waals surface area (Å²) in [6.45, 7) is -4.29. The van der Waals surface area contributed by atoms with Crippen LogP contribution in [0.1, 0.15) is 44.5 Å². The highest BCUT2D eigenvalue weighted by Gasteiger charge is 2.35. The van der Waals surface area contributed by atoms with Gasteiger partial charge in [0, 0.05) is 78.0 Å². The van der Waals surface area contributed by atoms with E-state index in [4.69, 9.17) is 0 Å². The first-order valence-corrected chi connectivity index (χ1v) is 26.6. The second-order valence-electron chi connectivity index (χ2n) is 20.5. The quantitative estimate of drug-likeness (QED) is 0.0448. The van der Waals surface area contributed by atoms with E-state index in [1.165, 1.54) is 19.6 Å². The molecule has 0 spiro atoms. The fourth-order valence-corrected chi connectivity index (χ4v) is 9.05. The maximum atomic E-state index is 13.8. The normalized spacial score (nSPS) is 16.1. The van der Waals surface area contributed by atoms with Crippen LogP contribution in [-0.4, -0.2) is 190 Å². The third-order valence-electron chi connectivity index (χ3n) is 13.8. The van der Waals surface area contributed by atoms with Gasteiger partial charge in [-0.2, -0.15) is 52.7 Å². The number of carbonyl (C=O) groups is 8. The minimum Gasteiger partial charge on any atom is -0.480 e. The van der Waals surface area contributed by atoms with Crippen molar-refractivity contribution in [3.63, 3.8) is 0 Å². The smallest absolute Gasteiger partial charge is 0.416 e. The molecule has 1 aliphatic heterocycles. The van der Waals surface area contributed by atoms with Gasteiger partial charge < -0.3 is 41.7 Å². The van der Waals surface area contributed by atoms with Gasteiger partial charge in [0.05, 0.1) is 48.4 Å². The third-order valence-corrected chi connectivity index (χ3v) is 13.8. The largest absolute Gasteiger partial charge is 0.480 e. The van der Waals surface area contributed by atoms with Crippen LogP contribution in [0.4, 0.5) is 52.7 Å². The first-order chi connectivity index (χ1) is 41.0. The fraction of sp³-hybridized carbons (Fsp3) is 0.429. The van der Waals surface area contributed by atoms with Crippen LogP contribution in [0.3, 0.4) is 0 Å². The van der Waals surface area contributed by atoms with Crippen LogP contribution in [0.5, 0.6) is 0 Å². The van der Waals surface area contributed by atoms with E-state index in [2.05, 4.69) is 21.3 Å². The van der Waals surface area contributed by atoms with Crippen molar-refractivity contribution in [1.82, 2.24) is 40.9 Å². The minimum absolute atomic E-state index is 0.0928. The number of carbonyl (C=O) groups excluding carboxylic acids is 4. The van der Waals surface area contributed by atoms with Crippen molar-refractivity contribution in [2.24, 2.45) is 0 Å². The lowest BCUT2D eigenvalue weighted by Gasteiger charge is -2.34. The molecular weight excluding hydrogens is 1200 g/mol. The first kappa shape index (κ1) is 70.4. The summed E-state index contributed by atoms with van der Waals surface area (Å²) in [5, 5.41) is 49.5. The summed E-state index contributed by atoms with van der Waals surface area (Å²) in [5.74, 6) is -10.1. The predicted octanol–water partition coefficient (Wildman–Crippen LogP) is 4.53. The van der Waals surface area contributed by atoms with E-state index in [1.807, 2.05) is 0 Å². The maximum absolute atomic E-state index is 13.8. The Bertz CT molecular complexity index is 2620. The van der Waals surface area contributed by atoms with Crippen molar-refractivity contribution < 1.29 is 111 Å². The number of amides is 4. The molecule has 1 fully saturated rings. The maximum Gasteiger partial charge on any atom is 0.416 e. The molecule has 1 saturated heterocycles. The molecular formula is C56H60F12N8O12. The Morgan fingerprint density at radius 1 is 0.307 bits per heavy atom. The number of nitrogens with zero attached hydrogens (tertiary/aromatic N) is 4. The molecule has 4 amide bonds. The monoisotopic (exact) mass is 1260 g/mol. The molecule has 0 saturated carbocycles. The second-order valence-corrected chi connectivity index (χ2v) is 20.5. The molecule has 0 radical (unpaired) electrons. The minimum atomic E-state index is -4.72. The van der Waals surface area contributed by atoms with Gasteiger partial charge in [0.1, 0.15) is 24.2 Å². The third kappa shape index (κ3) is 23.4. The molecule has 5 rings (SSSR count). The summed E-state index contributed by atoms with van der Waals surface area (Å²) in [6, 6.07) is 7.05. The van der Waals surface area contributed by atoms with Crippen molar-refractivity contribution in [2.45, 2.75) is 74.6 Å². The molecule has 1 aliphatic rings. The molecule has 4 aromatic rings. The van der Waals surface area contributed by atoms with Crippen LogP contribution in [-0.2, 0) is 88.7 Å². The average Bonchev–Trinajstić information content (AvgIpc) is 3.56. The number of hydrogen-bond acceptors (Lipinski definition) is 12. The molecule has 4 aromatic carbocycles. The standard InChI is InChI=1S/C56H60F12N8O12/c57-53(58,59)37-9-1-33(2-10-37)25-41(49(81)82)69-45(77)29-73-17-19-74(30-46(78)70-42(50(83)84)26-34-3-11-38(12-4-34)54(60,61)62)21-23-76(32-48(80)72-44(52(87)88)28-36-7-15-40(16-8-36)56(66,67)68)24-22-75(20-18-73)31-47(79)71-43(51(85)86)27-35-5-13-39(14-6-35)55(63,64)65/h1-16,41-44H,17-32H2,(H,69,77)(H,70,78)(H,71,79)(H,72,80)(H,81,82)(H,83,84)(H,85,86)(H,87,88)/t41-,42-,43-,44-/m0/s1. The Kier molecular flexibility index (Phi) is 24.8. The van der Waals surface area contributed by atoms with Gasteiger partial charge in [0.25, 0.3) is 0 Å². The number of aliphatic carboxylic acids is 4. The van der Waals surface area contributed by atoms with Crippen LogP contribution < -0.4 is 21.3 Å². The zero-order valence-electron chi connectivity index (χ0n) is 46.2. The molecule has 480 valence electrons. The highest BCUT2D eigenvalue weighted by Crippen LogP contribution is 2.32. The summed E-state index contributed by atoms with van der Waals surface area (Å²) in [5.41, 5.74) is -3.74. The summed E-state index contributed by atoms with van der Waals surface area (Å²) >= 11 is 0. The van der Waals surface area contributed by atoms with Gasteiger partial charge in [-0.15, -0.1) is 0 Å². The van der Waals surface area contributed by atoms with Gasteiger partial charge >= 0.3 is 48.6 Å². The van der Waals surface area contributed by atoms with Crippen molar-refractivity contribution in [3.8, 4) is 0 Å². The van der Waals surface area contributed by atoms with E-state index >= 15 is 0 Å². The van der Waals surface area contributed by atoms with Gasteiger partial charge in [0.15, 0.2) is 0 Å². The molecule has 32 heteroatoms. The number of carboxylic acid groups (broad SMARTS) is 4. The Balaban J connectivity index is 1.43. The van der Waals surface area contributed by atoms with Gasteiger partial charge in [-0.25, -0.2) is 19.2 Å². The fourth-order valence-electron chi connectivity index (χ4n) is 9.05. The molecule has 8 N–H and O–H groups in total. The highest BCUT2D eigenvalue weighted by molar-refractivity contribution is 5.87. The molecule has 88 heavy (non-hydrogen) atoms. The molecule has 1 heterocycles. The van der Waals surface area contributed by atoms with Gasteiger partial charge in [-0.3, -0.25) is 38.8 Å². The summed E-state index contributed by atoms with van der Waals surface area (Å²) in [7, 11) is 0. The number of rotatable bonds is 24. The molecule has 0 unspecified atom stereocenters. The first-order valence-electron chi connectivity index (χ1n) is 26.6. The number of nitrogens with one attached hydrogen (secondary N) is 4. The number of hydrogen-bond donors (Lipinski definition) is 8. The molecule has 0 aromatic heterocycles.